The van der Waals surface area contributed by atoms with Crippen LogP contribution in [0.4, 0.5) is 4.39 Å². The molecule has 1 aromatic heterocycles. The van der Waals surface area contributed by atoms with Crippen molar-refractivity contribution in [1.29, 1.82) is 0 Å². The van der Waals surface area contributed by atoms with Crippen LogP contribution >= 0.6 is 11.3 Å². The van der Waals surface area contributed by atoms with Crippen molar-refractivity contribution >= 4 is 23.2 Å². The normalized spacial score (nSPS) is 11.7. The van der Waals surface area contributed by atoms with Crippen molar-refractivity contribution in [1.82, 2.24) is 5.32 Å². The Kier molecular flexibility index (Phi) is 4.89. The number of carboxylic acids is 1. The van der Waals surface area contributed by atoms with Crippen molar-refractivity contribution in [2.45, 2.75) is 6.04 Å². The van der Waals surface area contributed by atoms with E-state index in [-0.39, 0.29) is 6.61 Å². The summed E-state index contributed by atoms with van der Waals surface area (Å²) in [7, 11) is 0. The fourth-order valence-electron chi connectivity index (χ4n) is 1.59. The predicted molar refractivity (Wildman–Crippen MR) is 74.7 cm³/mol. The van der Waals surface area contributed by atoms with Gasteiger partial charge in [-0.2, -0.15) is 0 Å². The summed E-state index contributed by atoms with van der Waals surface area (Å²) in [5, 5.41) is 13.2. The van der Waals surface area contributed by atoms with E-state index < -0.39 is 23.7 Å². The van der Waals surface area contributed by atoms with E-state index in [1.165, 1.54) is 35.6 Å². The van der Waals surface area contributed by atoms with E-state index in [1.807, 2.05) is 0 Å². The number of halogens is 1. The van der Waals surface area contributed by atoms with E-state index >= 15 is 0 Å². The third kappa shape index (κ3) is 4.28. The maximum atomic E-state index is 12.7. The van der Waals surface area contributed by atoms with Crippen molar-refractivity contribution in [2.24, 2.45) is 0 Å². The van der Waals surface area contributed by atoms with E-state index in [2.05, 4.69) is 5.32 Å². The van der Waals surface area contributed by atoms with Gasteiger partial charge in [0.05, 0.1) is 0 Å². The minimum Gasteiger partial charge on any atom is -0.484 e. The van der Waals surface area contributed by atoms with Gasteiger partial charge in [-0.3, -0.25) is 4.79 Å². The second kappa shape index (κ2) is 6.85. The second-order valence-electron chi connectivity index (χ2n) is 4.10. The van der Waals surface area contributed by atoms with Gasteiger partial charge in [-0.1, -0.05) is 6.07 Å². The number of thiophene rings is 1. The van der Waals surface area contributed by atoms with Gasteiger partial charge in [-0.25, -0.2) is 9.18 Å². The van der Waals surface area contributed by atoms with Crippen LogP contribution in [0.5, 0.6) is 5.75 Å². The Morgan fingerprint density at radius 2 is 2.00 bits per heavy atom. The minimum absolute atomic E-state index is 0.328. The van der Waals surface area contributed by atoms with Gasteiger partial charge >= 0.3 is 5.97 Å². The number of carbonyl (C=O) groups excluding carboxylic acids is 1. The minimum atomic E-state index is -1.15. The zero-order chi connectivity index (χ0) is 15.2. The van der Waals surface area contributed by atoms with Gasteiger partial charge in [-0.05, 0) is 35.7 Å². The monoisotopic (exact) mass is 309 g/mol. The molecule has 0 aliphatic rings. The van der Waals surface area contributed by atoms with Crippen LogP contribution in [0.15, 0.2) is 41.8 Å². The molecule has 0 saturated carbocycles. The number of aliphatic carboxylic acids is 1. The van der Waals surface area contributed by atoms with E-state index in [1.54, 1.807) is 17.5 Å². The largest absolute Gasteiger partial charge is 0.484 e. The number of carbonyl (C=O) groups is 2. The Labute approximate surface area is 124 Å². The molecule has 110 valence electrons. The molecule has 1 atom stereocenters. The van der Waals surface area contributed by atoms with Crippen molar-refractivity contribution in [2.75, 3.05) is 6.61 Å². The summed E-state index contributed by atoms with van der Waals surface area (Å²) in [6, 6.07) is 7.42. The molecule has 0 spiro atoms. The summed E-state index contributed by atoms with van der Waals surface area (Å²) in [6.07, 6.45) is 0. The number of carboxylic acid groups (broad SMARTS) is 1. The van der Waals surface area contributed by atoms with Crippen LogP contribution < -0.4 is 10.1 Å². The second-order valence-corrected chi connectivity index (χ2v) is 5.08. The van der Waals surface area contributed by atoms with Gasteiger partial charge in [0.2, 0.25) is 0 Å². The molecular weight excluding hydrogens is 297 g/mol. The van der Waals surface area contributed by atoms with Crippen molar-refractivity contribution in [3.8, 4) is 5.75 Å². The Hall–Kier alpha value is -2.41. The molecule has 2 N–H and O–H groups in total. The van der Waals surface area contributed by atoms with Crippen LogP contribution in [-0.2, 0) is 9.59 Å². The van der Waals surface area contributed by atoms with Crippen LogP contribution in [0, 0.1) is 5.82 Å². The lowest BCUT2D eigenvalue weighted by Crippen LogP contribution is -2.36. The summed E-state index contributed by atoms with van der Waals surface area (Å²) in [5.41, 5.74) is 0. The van der Waals surface area contributed by atoms with E-state index in [4.69, 9.17) is 9.84 Å². The van der Waals surface area contributed by atoms with Gasteiger partial charge in [0.1, 0.15) is 11.6 Å². The first-order valence-electron chi connectivity index (χ1n) is 6.00. The predicted octanol–water partition coefficient (Wildman–Crippen LogP) is 2.21. The Bertz CT molecular complexity index is 612. The first kappa shape index (κ1) is 15.0. The lowest BCUT2D eigenvalue weighted by atomic mass is 10.2. The van der Waals surface area contributed by atoms with Crippen molar-refractivity contribution in [3.63, 3.8) is 0 Å². The third-order valence-electron chi connectivity index (χ3n) is 2.56. The lowest BCUT2D eigenvalue weighted by molar-refractivity contribution is -0.142. The molecule has 0 saturated heterocycles. The number of benzene rings is 1. The molecule has 1 unspecified atom stereocenters. The van der Waals surface area contributed by atoms with Crippen molar-refractivity contribution in [3.05, 3.63) is 52.5 Å². The average Bonchev–Trinajstić information content (AvgIpc) is 2.97. The van der Waals surface area contributed by atoms with E-state index in [0.29, 0.717) is 10.6 Å². The first-order chi connectivity index (χ1) is 10.1. The first-order valence-corrected chi connectivity index (χ1v) is 6.88. The third-order valence-corrected chi connectivity index (χ3v) is 3.50. The zero-order valence-corrected chi connectivity index (χ0v) is 11.6. The van der Waals surface area contributed by atoms with Crippen LogP contribution in [-0.4, -0.2) is 23.6 Å². The van der Waals surface area contributed by atoms with Crippen molar-refractivity contribution < 1.29 is 23.8 Å². The molecular formula is C14H12FNO4S. The zero-order valence-electron chi connectivity index (χ0n) is 10.8. The van der Waals surface area contributed by atoms with E-state index in [9.17, 15) is 14.0 Å². The molecule has 7 heteroatoms. The Morgan fingerprint density at radius 3 is 2.57 bits per heavy atom. The molecule has 21 heavy (non-hydrogen) atoms. The standard InChI is InChI=1S/C14H12FNO4S/c15-9-3-5-10(6-4-9)20-8-12(17)16-13(14(18)19)11-2-1-7-21-11/h1-7,13H,8H2,(H,16,17)(H,18,19). The molecule has 1 aromatic carbocycles. The number of hydrogen-bond acceptors (Lipinski definition) is 4. The highest BCUT2D eigenvalue weighted by Crippen LogP contribution is 2.19. The average molecular weight is 309 g/mol. The van der Waals surface area contributed by atoms with Gasteiger partial charge in [0.15, 0.2) is 12.6 Å². The molecule has 0 fully saturated rings. The van der Waals surface area contributed by atoms with Crippen LogP contribution in [0.25, 0.3) is 0 Å². The van der Waals surface area contributed by atoms with Gasteiger partial charge < -0.3 is 15.2 Å². The van der Waals surface area contributed by atoms with Crippen LogP contribution in [0.2, 0.25) is 0 Å². The van der Waals surface area contributed by atoms with Gasteiger partial charge in [0.25, 0.3) is 5.91 Å². The quantitative estimate of drug-likeness (QED) is 0.858. The van der Waals surface area contributed by atoms with E-state index in [0.717, 1.165) is 0 Å². The molecule has 0 aliphatic carbocycles. The number of hydrogen-bond donors (Lipinski definition) is 2. The Balaban J connectivity index is 1.91. The topological polar surface area (TPSA) is 75.6 Å². The highest BCUT2D eigenvalue weighted by Gasteiger charge is 2.23. The fourth-order valence-corrected chi connectivity index (χ4v) is 2.36. The number of ether oxygens (including phenoxy) is 1. The molecule has 0 radical (unpaired) electrons. The smallest absolute Gasteiger partial charge is 0.331 e. The maximum absolute atomic E-state index is 12.7. The Morgan fingerprint density at radius 1 is 1.29 bits per heavy atom. The highest BCUT2D eigenvalue weighted by molar-refractivity contribution is 7.10. The summed E-state index contributed by atoms with van der Waals surface area (Å²) in [6.45, 7) is -0.346. The number of amides is 1. The summed E-state index contributed by atoms with van der Waals surface area (Å²) < 4.78 is 17.9. The summed E-state index contributed by atoms with van der Waals surface area (Å²) in [4.78, 5) is 23.4. The number of nitrogens with one attached hydrogen (secondary N) is 1. The molecule has 1 heterocycles. The molecule has 0 bridgehead atoms. The van der Waals surface area contributed by atoms with Crippen LogP contribution in [0.3, 0.4) is 0 Å². The fraction of sp³-hybridized carbons (Fsp3) is 0.143. The number of rotatable bonds is 6. The summed E-state index contributed by atoms with van der Waals surface area (Å²) in [5.74, 6) is -1.79. The molecule has 0 aliphatic heterocycles. The van der Waals surface area contributed by atoms with Gasteiger partial charge in [0, 0.05) is 4.88 Å². The van der Waals surface area contributed by atoms with Gasteiger partial charge in [-0.15, -0.1) is 11.3 Å². The highest BCUT2D eigenvalue weighted by atomic mass is 32.1. The lowest BCUT2D eigenvalue weighted by Gasteiger charge is -2.13. The van der Waals surface area contributed by atoms with Crippen LogP contribution in [0.1, 0.15) is 10.9 Å². The molecule has 5 nitrogen and oxygen atoms in total. The maximum Gasteiger partial charge on any atom is 0.331 e. The SMILES string of the molecule is O=C(COc1ccc(F)cc1)NC(C(=O)O)c1cccs1. The summed E-state index contributed by atoms with van der Waals surface area (Å²) >= 11 is 1.24. The molecule has 2 rings (SSSR count). The molecule has 1 amide bonds. The molecule has 2 aromatic rings.